The third-order valence-electron chi connectivity index (χ3n) is 17.8. The van der Waals surface area contributed by atoms with E-state index in [-0.39, 0.29) is 66.2 Å². The van der Waals surface area contributed by atoms with Crippen LogP contribution in [-0.4, -0.2) is 148 Å². The lowest BCUT2D eigenvalue weighted by Gasteiger charge is -2.47. The molecule has 83 heavy (non-hydrogen) atoms. The summed E-state index contributed by atoms with van der Waals surface area (Å²) in [5.74, 6) is 0.563. The number of likely N-dealkylation sites (tertiary alicyclic amines) is 3. The van der Waals surface area contributed by atoms with Gasteiger partial charge >= 0.3 is 0 Å². The summed E-state index contributed by atoms with van der Waals surface area (Å²) in [5, 5.41) is 38.2. The van der Waals surface area contributed by atoms with Crippen molar-refractivity contribution in [3.05, 3.63) is 135 Å². The van der Waals surface area contributed by atoms with Gasteiger partial charge in [-0.05, 0) is 79.5 Å². The molecule has 438 valence electrons. The van der Waals surface area contributed by atoms with Crippen molar-refractivity contribution in [2.24, 2.45) is 18.9 Å². The summed E-state index contributed by atoms with van der Waals surface area (Å²) in [4.78, 5) is 73.6. The number of aliphatic hydroxyl groups excluding tert-OH is 1. The third kappa shape index (κ3) is 12.6. The Morgan fingerprint density at radius 3 is 2.27 bits per heavy atom. The number of aromatic nitrogens is 6. The Morgan fingerprint density at radius 2 is 1.58 bits per heavy atom. The molecule has 8 heterocycles. The molecule has 3 amide bonds. The Morgan fingerprint density at radius 1 is 0.867 bits per heavy atom. The summed E-state index contributed by atoms with van der Waals surface area (Å²) in [5.41, 5.74) is 8.09. The van der Waals surface area contributed by atoms with E-state index in [0.29, 0.717) is 61.4 Å². The molecule has 4 saturated heterocycles. The van der Waals surface area contributed by atoms with Gasteiger partial charge < -0.3 is 40.1 Å². The molecule has 11 rings (SSSR count). The van der Waals surface area contributed by atoms with Crippen LogP contribution in [0.4, 0.5) is 5.82 Å². The van der Waals surface area contributed by atoms with E-state index in [9.17, 15) is 29.4 Å². The van der Waals surface area contributed by atoms with Gasteiger partial charge in [-0.25, -0.2) is 9.97 Å². The Kier molecular flexibility index (Phi) is 17.1. The smallest absolute Gasteiger partial charge is 0.281 e. The predicted molar refractivity (Wildman–Crippen MR) is 319 cm³/mol. The minimum absolute atomic E-state index is 0.0734. The number of thiazole rings is 1. The number of aliphatic hydroxyl groups is 2. The third-order valence-corrected chi connectivity index (χ3v) is 18.8. The highest BCUT2D eigenvalue weighted by Gasteiger charge is 2.44. The van der Waals surface area contributed by atoms with Crippen molar-refractivity contribution < 1.29 is 29.1 Å². The number of fused-ring (bicyclic) bond motifs is 1. The number of β-amino-alcohol motifs (C(OH)–C–C–N with tert-alkyl or cyclic N) is 1. The Labute approximate surface area is 488 Å². The number of carbonyl (C=O) groups is 3. The van der Waals surface area contributed by atoms with Crippen LogP contribution in [0.1, 0.15) is 112 Å². The van der Waals surface area contributed by atoms with E-state index in [4.69, 9.17) is 9.51 Å². The van der Waals surface area contributed by atoms with Crippen LogP contribution in [0.15, 0.2) is 106 Å². The molecular weight excluding hydrogens is 1070 g/mol. The van der Waals surface area contributed by atoms with Gasteiger partial charge in [0, 0.05) is 96.5 Å². The van der Waals surface area contributed by atoms with Gasteiger partial charge in [0.2, 0.25) is 17.7 Å². The molecule has 0 aliphatic carbocycles. The van der Waals surface area contributed by atoms with E-state index in [1.54, 1.807) is 16.0 Å². The van der Waals surface area contributed by atoms with E-state index >= 15 is 0 Å². The minimum Gasteiger partial charge on any atom is -0.391 e. The number of amides is 3. The molecule has 4 fully saturated rings. The topological polar surface area (TPSA) is 220 Å². The molecule has 4 aromatic heterocycles. The number of hydrogen-bond donors (Lipinski definition) is 4. The summed E-state index contributed by atoms with van der Waals surface area (Å²) in [6, 6.07) is 27.6. The zero-order valence-electron chi connectivity index (χ0n) is 48.5. The first-order chi connectivity index (χ1) is 40.0. The maximum absolute atomic E-state index is 14.4. The first-order valence-corrected chi connectivity index (χ1v) is 30.4. The summed E-state index contributed by atoms with van der Waals surface area (Å²) < 4.78 is 9.09. The lowest BCUT2D eigenvalue weighted by Crippen LogP contribution is -2.57. The van der Waals surface area contributed by atoms with Gasteiger partial charge in [0.15, 0.2) is 17.1 Å². The number of benzene rings is 3. The van der Waals surface area contributed by atoms with E-state index in [2.05, 4.69) is 54.7 Å². The normalized spacial score (nSPS) is 20.0. The van der Waals surface area contributed by atoms with Crippen molar-refractivity contribution in [3.8, 4) is 21.7 Å². The van der Waals surface area contributed by atoms with Crippen molar-refractivity contribution in [2.75, 3.05) is 57.3 Å². The van der Waals surface area contributed by atoms with Crippen LogP contribution in [0.5, 0.6) is 0 Å². The van der Waals surface area contributed by atoms with Crippen LogP contribution in [-0.2, 0) is 34.5 Å². The molecule has 0 bridgehead atoms. The molecule has 7 aromatic rings. The van der Waals surface area contributed by atoms with Gasteiger partial charge in [0.05, 0.1) is 52.4 Å². The van der Waals surface area contributed by atoms with Gasteiger partial charge in [0.25, 0.3) is 5.56 Å². The molecular formula is C63H78N12O7S. The van der Waals surface area contributed by atoms with Crippen LogP contribution in [0.25, 0.3) is 32.7 Å². The number of nitrogens with one attached hydrogen (secondary N) is 2. The summed E-state index contributed by atoms with van der Waals surface area (Å²) in [7, 11) is 1.82. The molecule has 3 aromatic carbocycles. The highest BCUT2D eigenvalue weighted by Crippen LogP contribution is 2.36. The molecule has 19 nitrogen and oxygen atoms in total. The standard InChI is InChI=1S/C63H78N12O7S/c1-39(2)55(61(79)75-35-50(76)29-51(75)60(78)67-41(4)46-16-18-48(19-17-46)59-42(5)66-38-83-59)52-30-53(69-82-52)71-24-20-49(21-25-71)73-33-44(34-73)32-64-31-43-12-14-47(15-13-43)58-56-57(68-70(58)6)62(80)74(37-65-56)36-63(81)22-26-72(27-23-63)54(77)28-40(3)45-10-8-7-9-11-45/h7-19,30,37-41,44,49-51,55,64,76,81H,20-29,31-36H2,1-6H3,(H,67,78)/t40-,41+,50-,51+,55-/m1/s1. The van der Waals surface area contributed by atoms with Crippen molar-refractivity contribution in [1.82, 2.24) is 54.8 Å². The summed E-state index contributed by atoms with van der Waals surface area (Å²) in [6.45, 7) is 16.3. The number of piperidine rings is 2. The van der Waals surface area contributed by atoms with Crippen molar-refractivity contribution in [2.45, 2.75) is 128 Å². The first-order valence-electron chi connectivity index (χ1n) is 29.5. The Bertz CT molecular complexity index is 3450. The van der Waals surface area contributed by atoms with Crippen molar-refractivity contribution in [3.63, 3.8) is 0 Å². The van der Waals surface area contributed by atoms with Gasteiger partial charge in [-0.2, -0.15) is 5.10 Å². The molecule has 0 unspecified atom stereocenters. The van der Waals surface area contributed by atoms with Crippen LogP contribution >= 0.6 is 11.3 Å². The van der Waals surface area contributed by atoms with Crippen molar-refractivity contribution >= 4 is 45.9 Å². The quantitative estimate of drug-likeness (QED) is 0.0639. The van der Waals surface area contributed by atoms with Crippen molar-refractivity contribution in [1.29, 1.82) is 0 Å². The molecule has 5 atom stereocenters. The largest absolute Gasteiger partial charge is 0.391 e. The molecule has 0 radical (unpaired) electrons. The van der Waals surface area contributed by atoms with Gasteiger partial charge in [0.1, 0.15) is 17.5 Å². The van der Waals surface area contributed by atoms with Crippen LogP contribution in [0.3, 0.4) is 0 Å². The van der Waals surface area contributed by atoms with E-state index in [1.807, 2.05) is 118 Å². The van der Waals surface area contributed by atoms with E-state index in [1.165, 1.54) is 15.8 Å². The zero-order chi connectivity index (χ0) is 58.1. The first kappa shape index (κ1) is 57.7. The number of rotatable bonds is 19. The zero-order valence-corrected chi connectivity index (χ0v) is 49.3. The Balaban J connectivity index is 0.613. The molecule has 4 N–H and O–H groups in total. The summed E-state index contributed by atoms with van der Waals surface area (Å²) in [6.07, 6.45) is 4.00. The predicted octanol–water partition coefficient (Wildman–Crippen LogP) is 7.03. The fraction of sp³-hybridized carbons (Fsp3) is 0.492. The highest BCUT2D eigenvalue weighted by atomic mass is 32.1. The monoisotopic (exact) mass is 1150 g/mol. The fourth-order valence-electron chi connectivity index (χ4n) is 12.9. The second-order valence-corrected chi connectivity index (χ2v) is 25.0. The minimum atomic E-state index is -1.15. The lowest BCUT2D eigenvalue weighted by molar-refractivity contribution is -0.141. The van der Waals surface area contributed by atoms with Crippen LogP contribution in [0, 0.1) is 18.8 Å². The SMILES string of the molecule is Cc1ncsc1-c1ccc([C@H](C)NC(=O)[C@@H]2C[C@@H](O)CN2C(=O)[C@@H](c2cc(N3CCC(N4CC(CNCc5ccc(-c6c7ncn(CC8(O)CCN(C(=O)C[C@@H](C)c9ccccc9)CC8)c(=O)c7nn6C)cc5)C4)CC3)no2)C(C)C)cc1. The maximum Gasteiger partial charge on any atom is 0.281 e. The van der Waals surface area contributed by atoms with Gasteiger partial charge in [-0.1, -0.05) is 105 Å². The van der Waals surface area contributed by atoms with E-state index in [0.717, 1.165) is 96.2 Å². The fourth-order valence-corrected chi connectivity index (χ4v) is 13.7. The average Bonchev–Trinajstić information content (AvgIpc) is 2.97. The number of nitrogens with zero attached hydrogens (tertiary/aromatic N) is 10. The lowest BCUT2D eigenvalue weighted by atomic mass is 9.90. The molecule has 0 spiro atoms. The number of hydrogen-bond acceptors (Lipinski definition) is 15. The molecule has 0 saturated carbocycles. The number of carbonyl (C=O) groups excluding carboxylic acids is 3. The highest BCUT2D eigenvalue weighted by molar-refractivity contribution is 7.13. The maximum atomic E-state index is 14.4. The molecule has 20 heteroatoms. The molecule has 4 aliphatic heterocycles. The van der Waals surface area contributed by atoms with Gasteiger partial charge in [-0.15, -0.1) is 11.3 Å². The molecule has 4 aliphatic rings. The second kappa shape index (κ2) is 24.6. The van der Waals surface area contributed by atoms with Crippen LogP contribution in [0.2, 0.25) is 0 Å². The Hall–Kier alpha value is -7.10. The van der Waals surface area contributed by atoms with E-state index < -0.39 is 23.7 Å². The van der Waals surface area contributed by atoms with Crippen LogP contribution < -0.4 is 21.1 Å². The summed E-state index contributed by atoms with van der Waals surface area (Å²) >= 11 is 1.59. The average molecular weight is 1150 g/mol. The number of aryl methyl sites for hydroxylation is 2. The number of anilines is 1. The second-order valence-electron chi connectivity index (χ2n) is 24.2. The van der Waals surface area contributed by atoms with Gasteiger partial charge in [-0.3, -0.25) is 33.3 Å².